The van der Waals surface area contributed by atoms with E-state index >= 15 is 0 Å². The Labute approximate surface area is 146 Å². The third-order valence-corrected chi connectivity index (χ3v) is 3.62. The van der Waals surface area contributed by atoms with Crippen molar-refractivity contribution in [2.24, 2.45) is 5.92 Å². The van der Waals surface area contributed by atoms with E-state index in [0.717, 1.165) is 18.8 Å². The quantitative estimate of drug-likeness (QED) is 0.693. The van der Waals surface area contributed by atoms with E-state index in [-0.39, 0.29) is 11.6 Å². The molecular formula is C18H20N6O. The van der Waals surface area contributed by atoms with E-state index in [1.165, 1.54) is 0 Å². The van der Waals surface area contributed by atoms with Gasteiger partial charge in [0, 0.05) is 31.2 Å². The number of carbonyl (C=O) groups is 1. The Balaban J connectivity index is 1.50. The Kier molecular flexibility index (Phi) is 5.36. The fourth-order valence-corrected chi connectivity index (χ4v) is 2.34. The molecule has 0 aliphatic rings. The molecule has 0 aliphatic heterocycles. The second-order valence-corrected chi connectivity index (χ2v) is 5.84. The highest BCUT2D eigenvalue weighted by molar-refractivity contribution is 6.02. The van der Waals surface area contributed by atoms with Crippen LogP contribution >= 0.6 is 0 Å². The van der Waals surface area contributed by atoms with Gasteiger partial charge in [-0.1, -0.05) is 25.1 Å². The lowest BCUT2D eigenvalue weighted by Gasteiger charge is -2.13. The summed E-state index contributed by atoms with van der Waals surface area (Å²) in [5.41, 5.74) is 1.00. The summed E-state index contributed by atoms with van der Waals surface area (Å²) < 4.78 is 1.90. The monoisotopic (exact) mass is 336 g/mol. The highest BCUT2D eigenvalue weighted by Gasteiger charge is 2.09. The lowest BCUT2D eigenvalue weighted by atomic mass is 10.2. The van der Waals surface area contributed by atoms with Crippen LogP contribution < -0.4 is 10.6 Å². The molecule has 1 atom stereocenters. The smallest absolute Gasteiger partial charge is 0.276 e. The molecule has 1 aromatic carbocycles. The standard InChI is InChI=1S/C18H20N6O/c1-14(13-24-11-5-10-20-24)12-19-17-9-8-16(22-23-17)18(25)21-15-6-3-2-4-7-15/h2-11,14H,12-13H2,1H3,(H,19,23)(H,21,25). The number of hydrogen-bond acceptors (Lipinski definition) is 5. The molecule has 3 aromatic rings. The summed E-state index contributed by atoms with van der Waals surface area (Å²) in [6, 6.07) is 14.6. The zero-order valence-electron chi connectivity index (χ0n) is 14.0. The normalized spacial score (nSPS) is 11.7. The predicted octanol–water partition coefficient (Wildman–Crippen LogP) is 2.67. The summed E-state index contributed by atoms with van der Waals surface area (Å²) in [7, 11) is 0. The van der Waals surface area contributed by atoms with Crippen LogP contribution in [0.5, 0.6) is 0 Å². The minimum atomic E-state index is -0.280. The number of nitrogens with zero attached hydrogens (tertiary/aromatic N) is 4. The molecule has 0 spiro atoms. The second-order valence-electron chi connectivity index (χ2n) is 5.84. The summed E-state index contributed by atoms with van der Waals surface area (Å²) in [5, 5.41) is 18.3. The first kappa shape index (κ1) is 16.6. The van der Waals surface area contributed by atoms with Gasteiger partial charge in [0.1, 0.15) is 5.82 Å². The van der Waals surface area contributed by atoms with Gasteiger partial charge >= 0.3 is 0 Å². The molecule has 2 aromatic heterocycles. The SMILES string of the molecule is CC(CNc1ccc(C(=O)Nc2ccccc2)nn1)Cn1cccn1. The van der Waals surface area contributed by atoms with Gasteiger partial charge in [0.05, 0.1) is 0 Å². The largest absolute Gasteiger partial charge is 0.368 e. The Morgan fingerprint density at radius 2 is 1.96 bits per heavy atom. The molecule has 25 heavy (non-hydrogen) atoms. The van der Waals surface area contributed by atoms with Crippen molar-refractivity contribution in [1.29, 1.82) is 0 Å². The maximum absolute atomic E-state index is 12.1. The number of nitrogens with one attached hydrogen (secondary N) is 2. The number of hydrogen-bond donors (Lipinski definition) is 2. The van der Waals surface area contributed by atoms with Gasteiger partial charge < -0.3 is 10.6 Å². The average Bonchev–Trinajstić information content (AvgIpc) is 3.14. The van der Waals surface area contributed by atoms with E-state index in [0.29, 0.717) is 11.7 Å². The fraction of sp³-hybridized carbons (Fsp3) is 0.222. The molecule has 7 heteroatoms. The number of anilines is 2. The van der Waals surface area contributed by atoms with Crippen LogP contribution in [0.1, 0.15) is 17.4 Å². The third-order valence-electron chi connectivity index (χ3n) is 3.62. The summed E-state index contributed by atoms with van der Waals surface area (Å²) in [4.78, 5) is 12.1. The van der Waals surface area contributed by atoms with E-state index < -0.39 is 0 Å². The van der Waals surface area contributed by atoms with Crippen LogP contribution in [-0.4, -0.2) is 32.4 Å². The van der Waals surface area contributed by atoms with Crippen LogP contribution in [0.25, 0.3) is 0 Å². The number of benzene rings is 1. The summed E-state index contributed by atoms with van der Waals surface area (Å²) in [5.74, 6) is 0.739. The number of rotatable bonds is 7. The molecule has 0 fully saturated rings. The van der Waals surface area contributed by atoms with Crippen molar-refractivity contribution in [1.82, 2.24) is 20.0 Å². The maximum atomic E-state index is 12.1. The van der Waals surface area contributed by atoms with E-state index in [9.17, 15) is 4.79 Å². The maximum Gasteiger partial charge on any atom is 0.276 e. The van der Waals surface area contributed by atoms with Gasteiger partial charge in [0.2, 0.25) is 0 Å². The minimum Gasteiger partial charge on any atom is -0.368 e. The van der Waals surface area contributed by atoms with Crippen LogP contribution in [0.15, 0.2) is 60.9 Å². The zero-order valence-corrected chi connectivity index (χ0v) is 14.0. The summed E-state index contributed by atoms with van der Waals surface area (Å²) >= 11 is 0. The van der Waals surface area contributed by atoms with Crippen LogP contribution in [0.4, 0.5) is 11.5 Å². The Bertz CT molecular complexity index is 786. The van der Waals surface area contributed by atoms with Gasteiger partial charge in [0.15, 0.2) is 5.69 Å². The highest BCUT2D eigenvalue weighted by atomic mass is 16.1. The molecule has 1 amide bonds. The molecular weight excluding hydrogens is 316 g/mol. The molecule has 0 radical (unpaired) electrons. The van der Waals surface area contributed by atoms with Crippen molar-refractivity contribution in [3.63, 3.8) is 0 Å². The molecule has 2 heterocycles. The molecule has 0 saturated heterocycles. The van der Waals surface area contributed by atoms with E-state index in [1.807, 2.05) is 47.3 Å². The number of para-hydroxylation sites is 1. The molecule has 0 saturated carbocycles. The van der Waals surface area contributed by atoms with Crippen molar-refractivity contribution < 1.29 is 4.79 Å². The van der Waals surface area contributed by atoms with Gasteiger partial charge in [-0.05, 0) is 36.2 Å². The first-order chi connectivity index (χ1) is 12.2. The topological polar surface area (TPSA) is 84.7 Å². The van der Waals surface area contributed by atoms with Crippen molar-refractivity contribution in [3.05, 3.63) is 66.6 Å². The number of amides is 1. The zero-order chi connectivity index (χ0) is 17.5. The van der Waals surface area contributed by atoms with Gasteiger partial charge in [-0.2, -0.15) is 5.10 Å². The molecule has 2 N–H and O–H groups in total. The van der Waals surface area contributed by atoms with Gasteiger partial charge in [-0.15, -0.1) is 10.2 Å². The Morgan fingerprint density at radius 1 is 1.12 bits per heavy atom. The predicted molar refractivity (Wildman–Crippen MR) is 96.3 cm³/mol. The van der Waals surface area contributed by atoms with Crippen LogP contribution in [0, 0.1) is 5.92 Å². The lowest BCUT2D eigenvalue weighted by Crippen LogP contribution is -2.19. The minimum absolute atomic E-state index is 0.277. The summed E-state index contributed by atoms with van der Waals surface area (Å²) in [6.45, 7) is 3.69. The van der Waals surface area contributed by atoms with Crippen molar-refractivity contribution in [2.45, 2.75) is 13.5 Å². The number of carbonyl (C=O) groups excluding carboxylic acids is 1. The first-order valence-electron chi connectivity index (χ1n) is 8.12. The van der Waals surface area contributed by atoms with Crippen LogP contribution in [-0.2, 0) is 6.54 Å². The van der Waals surface area contributed by atoms with Gasteiger partial charge in [-0.3, -0.25) is 9.48 Å². The van der Waals surface area contributed by atoms with E-state index in [2.05, 4.69) is 32.9 Å². The molecule has 7 nitrogen and oxygen atoms in total. The van der Waals surface area contributed by atoms with Crippen molar-refractivity contribution >= 4 is 17.4 Å². The van der Waals surface area contributed by atoms with Gasteiger partial charge in [-0.25, -0.2) is 0 Å². The summed E-state index contributed by atoms with van der Waals surface area (Å²) in [6.07, 6.45) is 3.71. The Hall–Kier alpha value is -3.22. The van der Waals surface area contributed by atoms with Crippen LogP contribution in [0.3, 0.4) is 0 Å². The number of aromatic nitrogens is 4. The second kappa shape index (κ2) is 8.05. The van der Waals surface area contributed by atoms with Crippen molar-refractivity contribution in [2.75, 3.05) is 17.2 Å². The average molecular weight is 336 g/mol. The third kappa shape index (κ3) is 4.87. The molecule has 128 valence electrons. The lowest BCUT2D eigenvalue weighted by molar-refractivity contribution is 0.102. The molecule has 1 unspecified atom stereocenters. The Morgan fingerprint density at radius 3 is 2.64 bits per heavy atom. The highest BCUT2D eigenvalue weighted by Crippen LogP contribution is 2.09. The molecule has 3 rings (SSSR count). The van der Waals surface area contributed by atoms with E-state index in [1.54, 1.807) is 18.3 Å². The van der Waals surface area contributed by atoms with Gasteiger partial charge in [0.25, 0.3) is 5.91 Å². The van der Waals surface area contributed by atoms with Crippen LogP contribution in [0.2, 0.25) is 0 Å². The van der Waals surface area contributed by atoms with E-state index in [4.69, 9.17) is 0 Å². The van der Waals surface area contributed by atoms with Crippen molar-refractivity contribution in [3.8, 4) is 0 Å². The fourth-order valence-electron chi connectivity index (χ4n) is 2.34. The molecule has 0 bridgehead atoms. The first-order valence-corrected chi connectivity index (χ1v) is 8.12. The molecule has 0 aliphatic carbocycles.